The van der Waals surface area contributed by atoms with Gasteiger partial charge < -0.3 is 19.7 Å². The Morgan fingerprint density at radius 2 is 1.77 bits per heavy atom. The number of rotatable bonds is 9. The highest BCUT2D eigenvalue weighted by molar-refractivity contribution is 5.83. The van der Waals surface area contributed by atoms with Gasteiger partial charge in [0.05, 0.1) is 13.3 Å². The number of aromatic hydroxyl groups is 2. The van der Waals surface area contributed by atoms with Gasteiger partial charge >= 0.3 is 0 Å². The molecular weight excluding hydrogens is 396 g/mol. The molecule has 0 saturated carbocycles. The highest BCUT2D eigenvalue weighted by Crippen LogP contribution is 2.28. The molecule has 3 aromatic carbocycles. The Morgan fingerprint density at radius 3 is 2.52 bits per heavy atom. The molecular formula is C24H24N2O5. The quantitative estimate of drug-likeness (QED) is 0.278. The smallest absolute Gasteiger partial charge is 0.240 e. The van der Waals surface area contributed by atoms with E-state index in [-0.39, 0.29) is 23.8 Å². The first-order chi connectivity index (χ1) is 15.0. The fraction of sp³-hybridized carbons (Fsp3) is 0.167. The van der Waals surface area contributed by atoms with Gasteiger partial charge in [0.1, 0.15) is 6.61 Å². The van der Waals surface area contributed by atoms with Crippen molar-refractivity contribution < 1.29 is 24.5 Å². The van der Waals surface area contributed by atoms with Gasteiger partial charge in [-0.05, 0) is 53.4 Å². The number of ether oxygens (including phenoxy) is 2. The Kier molecular flexibility index (Phi) is 7.48. The molecule has 0 bridgehead atoms. The van der Waals surface area contributed by atoms with Crippen molar-refractivity contribution in [3.05, 3.63) is 83.4 Å². The van der Waals surface area contributed by atoms with Crippen LogP contribution in [0.4, 0.5) is 0 Å². The van der Waals surface area contributed by atoms with Gasteiger partial charge in [-0.1, -0.05) is 36.4 Å². The molecule has 0 radical (unpaired) electrons. The van der Waals surface area contributed by atoms with E-state index in [1.165, 1.54) is 18.3 Å². The van der Waals surface area contributed by atoms with Crippen molar-refractivity contribution in [3.63, 3.8) is 0 Å². The van der Waals surface area contributed by atoms with Gasteiger partial charge in [0, 0.05) is 6.42 Å². The molecule has 7 heteroatoms. The van der Waals surface area contributed by atoms with E-state index >= 15 is 0 Å². The lowest BCUT2D eigenvalue weighted by molar-refractivity contribution is -0.121. The Hall–Kier alpha value is -4.00. The summed E-state index contributed by atoms with van der Waals surface area (Å²) in [5, 5.41) is 22.8. The van der Waals surface area contributed by atoms with Crippen molar-refractivity contribution in [1.82, 2.24) is 5.43 Å². The van der Waals surface area contributed by atoms with Crippen LogP contribution >= 0.6 is 0 Å². The maximum atomic E-state index is 12.0. The summed E-state index contributed by atoms with van der Waals surface area (Å²) in [5.41, 5.74) is 5.01. The predicted octanol–water partition coefficient (Wildman–Crippen LogP) is 3.77. The average Bonchev–Trinajstić information content (AvgIpc) is 2.79. The highest BCUT2D eigenvalue weighted by Gasteiger charge is 2.07. The molecule has 7 nitrogen and oxygen atoms in total. The van der Waals surface area contributed by atoms with Crippen LogP contribution in [0.1, 0.15) is 23.1 Å². The fourth-order valence-electron chi connectivity index (χ4n) is 2.84. The molecule has 3 N–H and O–H groups in total. The maximum Gasteiger partial charge on any atom is 0.240 e. The molecule has 160 valence electrons. The number of amides is 1. The number of hydrogen-bond acceptors (Lipinski definition) is 6. The number of nitrogens with one attached hydrogen (secondary N) is 1. The van der Waals surface area contributed by atoms with Crippen molar-refractivity contribution in [2.75, 3.05) is 7.11 Å². The first-order valence-electron chi connectivity index (χ1n) is 9.72. The fourth-order valence-corrected chi connectivity index (χ4v) is 2.84. The average molecular weight is 420 g/mol. The van der Waals surface area contributed by atoms with Crippen LogP contribution in [0, 0.1) is 0 Å². The van der Waals surface area contributed by atoms with Crippen molar-refractivity contribution >= 4 is 12.1 Å². The van der Waals surface area contributed by atoms with Gasteiger partial charge in [0.2, 0.25) is 5.91 Å². The lowest BCUT2D eigenvalue weighted by atomic mass is 10.1. The molecule has 0 aromatic heterocycles. The van der Waals surface area contributed by atoms with Crippen LogP contribution in [-0.4, -0.2) is 29.4 Å². The van der Waals surface area contributed by atoms with Crippen LogP contribution in [0.5, 0.6) is 23.0 Å². The Morgan fingerprint density at radius 1 is 0.968 bits per heavy atom. The Balaban J connectivity index is 1.51. The number of phenols is 2. The maximum absolute atomic E-state index is 12.0. The number of nitrogens with zero attached hydrogens (tertiary/aromatic N) is 1. The van der Waals surface area contributed by atoms with E-state index in [9.17, 15) is 15.0 Å². The summed E-state index contributed by atoms with van der Waals surface area (Å²) in [6.45, 7) is 0.430. The molecule has 0 heterocycles. The number of carbonyl (C=O) groups excluding carboxylic acids is 1. The summed E-state index contributed by atoms with van der Waals surface area (Å²) in [5.74, 6) is 0.521. The van der Waals surface area contributed by atoms with Crippen LogP contribution in [0.15, 0.2) is 71.8 Å². The van der Waals surface area contributed by atoms with Crippen LogP contribution in [0.25, 0.3) is 0 Å². The van der Waals surface area contributed by atoms with Crippen molar-refractivity contribution in [1.29, 1.82) is 0 Å². The summed E-state index contributed by atoms with van der Waals surface area (Å²) in [6, 6.07) is 19.7. The number of aryl methyl sites for hydroxylation is 1. The molecule has 3 rings (SSSR count). The van der Waals surface area contributed by atoms with Gasteiger partial charge in [-0.15, -0.1) is 0 Å². The van der Waals surface area contributed by atoms with Crippen LogP contribution in [0.2, 0.25) is 0 Å². The number of phenolic OH excluding ortho intramolecular Hbond substituents is 2. The minimum Gasteiger partial charge on any atom is -0.504 e. The zero-order chi connectivity index (χ0) is 22.1. The lowest BCUT2D eigenvalue weighted by Gasteiger charge is -2.11. The largest absolute Gasteiger partial charge is 0.504 e. The molecule has 31 heavy (non-hydrogen) atoms. The zero-order valence-electron chi connectivity index (χ0n) is 17.1. The van der Waals surface area contributed by atoms with Crippen LogP contribution in [0.3, 0.4) is 0 Å². The number of hydrogen-bond donors (Lipinski definition) is 3. The summed E-state index contributed by atoms with van der Waals surface area (Å²) in [4.78, 5) is 12.0. The number of carbonyl (C=O) groups is 1. The van der Waals surface area contributed by atoms with Crippen molar-refractivity contribution in [2.45, 2.75) is 19.4 Å². The second-order valence-corrected chi connectivity index (χ2v) is 6.80. The van der Waals surface area contributed by atoms with Gasteiger partial charge in [-0.25, -0.2) is 5.43 Å². The number of hydrazone groups is 1. The van der Waals surface area contributed by atoms with Gasteiger partial charge in [-0.2, -0.15) is 5.10 Å². The third-order valence-electron chi connectivity index (χ3n) is 4.51. The first kappa shape index (κ1) is 21.7. The van der Waals surface area contributed by atoms with Crippen molar-refractivity contribution in [3.8, 4) is 23.0 Å². The van der Waals surface area contributed by atoms with E-state index in [2.05, 4.69) is 10.5 Å². The third kappa shape index (κ3) is 6.50. The van der Waals surface area contributed by atoms with E-state index in [0.29, 0.717) is 24.5 Å². The molecule has 0 saturated heterocycles. The summed E-state index contributed by atoms with van der Waals surface area (Å²) in [7, 11) is 1.56. The molecule has 0 unspecified atom stereocenters. The third-order valence-corrected chi connectivity index (χ3v) is 4.51. The molecule has 0 aliphatic heterocycles. The predicted molar refractivity (Wildman–Crippen MR) is 118 cm³/mol. The normalized spacial score (nSPS) is 10.7. The summed E-state index contributed by atoms with van der Waals surface area (Å²) >= 11 is 0. The van der Waals surface area contributed by atoms with Crippen LogP contribution < -0.4 is 14.9 Å². The minimum absolute atomic E-state index is 0.190. The molecule has 0 aliphatic rings. The van der Waals surface area contributed by atoms with Gasteiger partial charge in [-0.3, -0.25) is 4.79 Å². The summed E-state index contributed by atoms with van der Waals surface area (Å²) < 4.78 is 11.2. The number of methoxy groups -OCH3 is 1. The molecule has 3 aromatic rings. The van der Waals surface area contributed by atoms with Gasteiger partial charge in [0.15, 0.2) is 23.0 Å². The minimum atomic E-state index is -0.265. The standard InChI is InChI=1S/C24H24N2O5/c1-30-23-14-19(8-11-22(23)31-16-18-5-3-2-4-6-18)15-25-26-24(29)12-9-17-7-10-20(27)21(28)13-17/h2-8,10-11,13-15,27-28H,9,12,16H2,1H3,(H,26,29). The first-order valence-corrected chi connectivity index (χ1v) is 9.72. The molecule has 0 atom stereocenters. The summed E-state index contributed by atoms with van der Waals surface area (Å²) in [6.07, 6.45) is 2.13. The van der Waals surface area contributed by atoms with Crippen molar-refractivity contribution in [2.24, 2.45) is 5.10 Å². The van der Waals surface area contributed by atoms with E-state index in [1.54, 1.807) is 25.3 Å². The Labute approximate surface area is 180 Å². The topological polar surface area (TPSA) is 100 Å². The SMILES string of the molecule is COc1cc(C=NNC(=O)CCc2ccc(O)c(O)c2)ccc1OCc1ccccc1. The lowest BCUT2D eigenvalue weighted by Crippen LogP contribution is -2.17. The second-order valence-electron chi connectivity index (χ2n) is 6.80. The zero-order valence-corrected chi connectivity index (χ0v) is 17.1. The molecule has 0 spiro atoms. The molecule has 0 aliphatic carbocycles. The molecule has 0 fully saturated rings. The Bertz CT molecular complexity index is 1050. The van der Waals surface area contributed by atoms with Gasteiger partial charge in [0.25, 0.3) is 0 Å². The van der Waals surface area contributed by atoms with E-state index in [1.807, 2.05) is 36.4 Å². The molecule has 1 amide bonds. The van der Waals surface area contributed by atoms with E-state index in [0.717, 1.165) is 16.7 Å². The highest BCUT2D eigenvalue weighted by atomic mass is 16.5. The van der Waals surface area contributed by atoms with Crippen LogP contribution in [-0.2, 0) is 17.8 Å². The second kappa shape index (κ2) is 10.7. The van der Waals surface area contributed by atoms with E-state index < -0.39 is 0 Å². The number of benzene rings is 3. The van der Waals surface area contributed by atoms with E-state index in [4.69, 9.17) is 9.47 Å². The monoisotopic (exact) mass is 420 g/mol.